The van der Waals surface area contributed by atoms with Crippen LogP contribution in [0.1, 0.15) is 21.5 Å². The number of carbonyl (C=O) groups excluding carboxylic acids is 1. The predicted octanol–water partition coefficient (Wildman–Crippen LogP) is 4.40. The van der Waals surface area contributed by atoms with Gasteiger partial charge in [-0.1, -0.05) is 30.3 Å². The third-order valence-electron chi connectivity index (χ3n) is 3.92. The monoisotopic (exact) mass is 386 g/mol. The van der Waals surface area contributed by atoms with Crippen molar-refractivity contribution in [2.24, 2.45) is 0 Å². The fourth-order valence-corrected chi connectivity index (χ4v) is 2.45. The largest absolute Gasteiger partial charge is 0.416 e. The number of aromatic nitrogens is 2. The maximum atomic E-state index is 12.6. The second kappa shape index (κ2) is 8.51. The molecule has 28 heavy (non-hydrogen) atoms. The van der Waals surface area contributed by atoms with E-state index in [9.17, 15) is 18.0 Å². The van der Waals surface area contributed by atoms with Crippen LogP contribution in [0.4, 0.5) is 24.8 Å². The average molecular weight is 386 g/mol. The molecule has 0 atom stereocenters. The van der Waals surface area contributed by atoms with Gasteiger partial charge in [-0.05, 0) is 36.2 Å². The van der Waals surface area contributed by atoms with Crippen LogP contribution in [0.5, 0.6) is 0 Å². The minimum atomic E-state index is -4.42. The van der Waals surface area contributed by atoms with E-state index >= 15 is 0 Å². The number of anilines is 2. The van der Waals surface area contributed by atoms with Crippen molar-refractivity contribution in [3.63, 3.8) is 0 Å². The molecular weight excluding hydrogens is 369 g/mol. The molecule has 5 nitrogen and oxygen atoms in total. The van der Waals surface area contributed by atoms with E-state index in [0.29, 0.717) is 12.5 Å². The van der Waals surface area contributed by atoms with Crippen LogP contribution in [0.3, 0.4) is 0 Å². The zero-order valence-corrected chi connectivity index (χ0v) is 14.7. The molecule has 0 spiro atoms. The van der Waals surface area contributed by atoms with Gasteiger partial charge < -0.3 is 10.6 Å². The van der Waals surface area contributed by atoms with Crippen LogP contribution < -0.4 is 10.6 Å². The lowest BCUT2D eigenvalue weighted by atomic mass is 10.1. The van der Waals surface area contributed by atoms with E-state index in [1.54, 1.807) is 0 Å². The molecule has 0 unspecified atom stereocenters. The third-order valence-corrected chi connectivity index (χ3v) is 3.92. The smallest absolute Gasteiger partial charge is 0.354 e. The third kappa shape index (κ3) is 5.29. The Bertz CT molecular complexity index is 911. The van der Waals surface area contributed by atoms with Crippen LogP contribution >= 0.6 is 0 Å². The van der Waals surface area contributed by atoms with Gasteiger partial charge in [0.15, 0.2) is 0 Å². The minimum Gasteiger partial charge on any atom is -0.354 e. The van der Waals surface area contributed by atoms with Crippen LogP contribution in [0.25, 0.3) is 0 Å². The maximum Gasteiger partial charge on any atom is 0.416 e. The van der Waals surface area contributed by atoms with Gasteiger partial charge in [-0.15, -0.1) is 0 Å². The molecule has 1 amide bonds. The van der Waals surface area contributed by atoms with Gasteiger partial charge >= 0.3 is 6.18 Å². The molecule has 2 aromatic carbocycles. The number of alkyl halides is 3. The highest BCUT2D eigenvalue weighted by molar-refractivity contribution is 6.03. The highest BCUT2D eigenvalue weighted by atomic mass is 19.4. The van der Waals surface area contributed by atoms with Gasteiger partial charge in [0.25, 0.3) is 5.91 Å². The van der Waals surface area contributed by atoms with E-state index in [-0.39, 0.29) is 11.3 Å². The van der Waals surface area contributed by atoms with Gasteiger partial charge in [0.2, 0.25) is 5.95 Å². The first-order valence-corrected chi connectivity index (χ1v) is 8.50. The van der Waals surface area contributed by atoms with E-state index in [4.69, 9.17) is 0 Å². The first-order valence-electron chi connectivity index (χ1n) is 8.50. The van der Waals surface area contributed by atoms with Gasteiger partial charge in [-0.3, -0.25) is 4.79 Å². The summed E-state index contributed by atoms with van der Waals surface area (Å²) >= 11 is 0. The molecule has 3 aromatic rings. The standard InChI is InChI=1S/C20H17F3N4O/c21-20(22,23)16-6-8-17(9-7-16)27-18(28)15-12-25-19(26-13-15)24-11-10-14-4-2-1-3-5-14/h1-9,12-13H,10-11H2,(H,27,28)(H,24,25,26). The fourth-order valence-electron chi connectivity index (χ4n) is 2.45. The van der Waals surface area contributed by atoms with Crippen molar-refractivity contribution in [1.82, 2.24) is 9.97 Å². The van der Waals surface area contributed by atoms with Crippen LogP contribution in [0, 0.1) is 0 Å². The number of amides is 1. The summed E-state index contributed by atoms with van der Waals surface area (Å²) in [5.41, 5.74) is 0.860. The molecular formula is C20H17F3N4O. The molecule has 0 saturated heterocycles. The Balaban J connectivity index is 1.53. The lowest BCUT2D eigenvalue weighted by molar-refractivity contribution is -0.137. The van der Waals surface area contributed by atoms with E-state index < -0.39 is 17.6 Å². The Morgan fingerprint density at radius 3 is 2.18 bits per heavy atom. The molecule has 2 N–H and O–H groups in total. The van der Waals surface area contributed by atoms with Gasteiger partial charge in [-0.25, -0.2) is 9.97 Å². The first-order chi connectivity index (χ1) is 13.4. The molecule has 8 heteroatoms. The summed E-state index contributed by atoms with van der Waals surface area (Å²) in [6, 6.07) is 14.1. The Labute approximate surface area is 159 Å². The summed E-state index contributed by atoms with van der Waals surface area (Å²) in [5.74, 6) is -0.113. The molecule has 1 heterocycles. The summed E-state index contributed by atoms with van der Waals surface area (Å²) in [4.78, 5) is 20.3. The number of nitrogens with one attached hydrogen (secondary N) is 2. The fraction of sp³-hybridized carbons (Fsp3) is 0.150. The molecule has 144 valence electrons. The second-order valence-electron chi connectivity index (χ2n) is 5.99. The van der Waals surface area contributed by atoms with Gasteiger partial charge in [0, 0.05) is 24.6 Å². The zero-order chi connectivity index (χ0) is 20.0. The number of halogens is 3. The first kappa shape index (κ1) is 19.3. The van der Waals surface area contributed by atoms with Gasteiger partial charge in [-0.2, -0.15) is 13.2 Å². The van der Waals surface area contributed by atoms with E-state index in [2.05, 4.69) is 20.6 Å². The molecule has 0 radical (unpaired) electrons. The molecule has 0 aliphatic rings. The maximum absolute atomic E-state index is 12.6. The van der Waals surface area contributed by atoms with Crippen molar-refractivity contribution < 1.29 is 18.0 Å². The lowest BCUT2D eigenvalue weighted by Gasteiger charge is -2.09. The Kier molecular flexibility index (Phi) is 5.88. The number of rotatable bonds is 6. The lowest BCUT2D eigenvalue weighted by Crippen LogP contribution is -2.14. The highest BCUT2D eigenvalue weighted by Crippen LogP contribution is 2.29. The number of hydrogen-bond donors (Lipinski definition) is 2. The van der Waals surface area contributed by atoms with Crippen molar-refractivity contribution in [1.29, 1.82) is 0 Å². The average Bonchev–Trinajstić information content (AvgIpc) is 2.69. The highest BCUT2D eigenvalue weighted by Gasteiger charge is 2.30. The molecule has 0 aliphatic carbocycles. The molecule has 1 aromatic heterocycles. The predicted molar refractivity (Wildman–Crippen MR) is 100 cm³/mol. The van der Waals surface area contributed by atoms with Gasteiger partial charge in [0.05, 0.1) is 11.1 Å². The molecule has 0 bridgehead atoms. The van der Waals surface area contributed by atoms with Crippen LogP contribution in [0.2, 0.25) is 0 Å². The Morgan fingerprint density at radius 2 is 1.57 bits per heavy atom. The molecule has 3 rings (SSSR count). The van der Waals surface area contributed by atoms with Crippen LogP contribution in [-0.2, 0) is 12.6 Å². The van der Waals surface area contributed by atoms with Gasteiger partial charge in [0.1, 0.15) is 0 Å². The minimum absolute atomic E-state index is 0.202. The van der Waals surface area contributed by atoms with E-state index in [0.717, 1.165) is 18.6 Å². The number of hydrogen-bond acceptors (Lipinski definition) is 4. The molecule has 0 fully saturated rings. The Morgan fingerprint density at radius 1 is 0.929 bits per heavy atom. The van der Waals surface area contributed by atoms with Crippen molar-refractivity contribution in [2.75, 3.05) is 17.2 Å². The Hall–Kier alpha value is -3.42. The van der Waals surface area contributed by atoms with E-state index in [1.165, 1.54) is 30.1 Å². The molecule has 0 saturated carbocycles. The van der Waals surface area contributed by atoms with Crippen LogP contribution in [0.15, 0.2) is 67.0 Å². The van der Waals surface area contributed by atoms with E-state index in [1.807, 2.05) is 30.3 Å². The second-order valence-corrected chi connectivity index (χ2v) is 5.99. The summed E-state index contributed by atoms with van der Waals surface area (Å²) < 4.78 is 37.7. The van der Waals surface area contributed by atoms with Crippen molar-refractivity contribution in [2.45, 2.75) is 12.6 Å². The summed E-state index contributed by atoms with van der Waals surface area (Å²) in [7, 11) is 0. The summed E-state index contributed by atoms with van der Waals surface area (Å²) in [6.45, 7) is 0.640. The zero-order valence-electron chi connectivity index (χ0n) is 14.7. The van der Waals surface area contributed by atoms with Crippen molar-refractivity contribution >= 4 is 17.5 Å². The number of nitrogens with zero attached hydrogens (tertiary/aromatic N) is 2. The van der Waals surface area contributed by atoms with Crippen molar-refractivity contribution in [3.05, 3.63) is 83.7 Å². The quantitative estimate of drug-likeness (QED) is 0.659. The number of carbonyl (C=O) groups is 1. The normalized spacial score (nSPS) is 11.1. The SMILES string of the molecule is O=C(Nc1ccc(C(F)(F)F)cc1)c1cnc(NCCc2ccccc2)nc1. The van der Waals surface area contributed by atoms with Crippen molar-refractivity contribution in [3.8, 4) is 0 Å². The topological polar surface area (TPSA) is 66.9 Å². The summed E-state index contributed by atoms with van der Waals surface area (Å²) in [6.07, 6.45) is -0.894. The summed E-state index contributed by atoms with van der Waals surface area (Å²) in [5, 5.41) is 5.58. The number of benzene rings is 2. The molecule has 0 aliphatic heterocycles. The van der Waals surface area contributed by atoms with Crippen LogP contribution in [-0.4, -0.2) is 22.4 Å².